The molecular weight excluding hydrogens is 722 g/mol. The first kappa shape index (κ1) is 36.2. The van der Waals surface area contributed by atoms with Crippen molar-refractivity contribution in [2.75, 3.05) is 89.5 Å². The summed E-state index contributed by atoms with van der Waals surface area (Å²) in [5, 5.41) is 18.8. The number of H-pyrrole nitrogens is 1. The first-order valence-electron chi connectivity index (χ1n) is 18.0. The molecule has 2 saturated heterocycles. The predicted molar refractivity (Wildman–Crippen MR) is 199 cm³/mol. The summed E-state index contributed by atoms with van der Waals surface area (Å²) < 4.78 is 46.5. The number of aromatic carboxylic acids is 1. The van der Waals surface area contributed by atoms with E-state index in [1.54, 1.807) is 10.8 Å². The first-order valence-corrected chi connectivity index (χ1v) is 18.0. The Morgan fingerprint density at radius 2 is 1.24 bits per heavy atom. The standard InChI is InChI=1S/C18H20FN7O3.C18H20FN3O4/c1-10-9-29-17-14-11(7-12(19)15(17)24-5-3-23(2)4-6-24)16(27)13(8-25(10)14)26-18(28)20-21-22-26;1-10-9-26-17-14-11(16(23)12(18(24)25)8-22(10)14)7-13(19)15(17)21-5-3-20(2)4-6-21/h7-8,10H,3-6,9H2,1-2H3,(H,20,22,28);7-8,10H,3-6,9H2,1-2H3,(H,24,25)/t2*10-/m00/s1. The molecule has 19 heteroatoms. The maximum atomic E-state index is 15.2. The Hall–Kier alpha value is -5.82. The second-order valence-electron chi connectivity index (χ2n) is 14.5. The van der Waals surface area contributed by atoms with Crippen LogP contribution in [0.25, 0.3) is 27.5 Å². The minimum atomic E-state index is -1.32. The molecule has 0 bridgehead atoms. The second-order valence-corrected chi connectivity index (χ2v) is 14.5. The highest BCUT2D eigenvalue weighted by molar-refractivity contribution is 5.97. The SMILES string of the molecule is C[C@H]1COc2c(N3CCN(C)CC3)c(F)cc3c(=O)c(-n4nn[nH]c4=O)cn1c23.C[C@H]1COc2c(N3CCN(C)CC3)c(F)cc3c(=O)c(C(=O)O)cn1c23. The molecule has 0 spiro atoms. The summed E-state index contributed by atoms with van der Waals surface area (Å²) in [7, 11) is 4.04. The highest BCUT2D eigenvalue weighted by Crippen LogP contribution is 2.43. The van der Waals surface area contributed by atoms with Gasteiger partial charge in [-0.3, -0.25) is 9.59 Å². The van der Waals surface area contributed by atoms with Gasteiger partial charge in [0.2, 0.25) is 10.9 Å². The zero-order valence-corrected chi connectivity index (χ0v) is 30.7. The van der Waals surface area contributed by atoms with Crippen LogP contribution in [0.3, 0.4) is 0 Å². The van der Waals surface area contributed by atoms with E-state index in [-0.39, 0.29) is 40.7 Å². The van der Waals surface area contributed by atoms with E-state index in [2.05, 4.69) is 25.3 Å². The maximum absolute atomic E-state index is 15.2. The molecule has 3 aromatic heterocycles. The van der Waals surface area contributed by atoms with Gasteiger partial charge in [-0.05, 0) is 50.5 Å². The van der Waals surface area contributed by atoms with Crippen LogP contribution in [0.1, 0.15) is 36.3 Å². The van der Waals surface area contributed by atoms with E-state index >= 15 is 4.39 Å². The van der Waals surface area contributed by atoms with Gasteiger partial charge in [-0.25, -0.2) is 23.5 Å². The Morgan fingerprint density at radius 1 is 0.764 bits per heavy atom. The predicted octanol–water partition coefficient (Wildman–Crippen LogP) is 1.66. The molecule has 0 amide bonds. The number of carboxylic acids is 1. The monoisotopic (exact) mass is 762 g/mol. The highest BCUT2D eigenvalue weighted by Gasteiger charge is 2.33. The van der Waals surface area contributed by atoms with Crippen molar-refractivity contribution >= 4 is 39.1 Å². The molecule has 5 aromatic rings. The number of likely N-dealkylation sites (N-methyl/N-ethyl adjacent to an activating group) is 2. The van der Waals surface area contributed by atoms with Crippen LogP contribution >= 0.6 is 0 Å². The quantitative estimate of drug-likeness (QED) is 0.271. The number of rotatable bonds is 4. The zero-order chi connectivity index (χ0) is 38.9. The van der Waals surface area contributed by atoms with Crippen molar-refractivity contribution in [2.24, 2.45) is 0 Å². The third-order valence-corrected chi connectivity index (χ3v) is 10.8. The second kappa shape index (κ2) is 13.8. The Labute approximate surface area is 311 Å². The number of aromatic amines is 1. The minimum absolute atomic E-state index is 0.0164. The Balaban J connectivity index is 0.000000156. The molecule has 55 heavy (non-hydrogen) atoms. The Morgan fingerprint density at radius 3 is 1.69 bits per heavy atom. The molecule has 0 unspecified atom stereocenters. The number of halogens is 2. The summed E-state index contributed by atoms with van der Waals surface area (Å²) in [5.41, 5.74) is -0.430. The molecule has 0 radical (unpaired) electrons. The van der Waals surface area contributed by atoms with E-state index in [4.69, 9.17) is 9.47 Å². The largest absolute Gasteiger partial charge is 0.487 e. The molecule has 2 aromatic carbocycles. The number of carbonyl (C=O) groups is 1. The van der Waals surface area contributed by atoms with Gasteiger partial charge in [0.25, 0.3) is 0 Å². The summed E-state index contributed by atoms with van der Waals surface area (Å²) >= 11 is 0. The lowest BCUT2D eigenvalue weighted by atomic mass is 10.1. The Kier molecular flexibility index (Phi) is 9.07. The lowest BCUT2D eigenvalue weighted by Crippen LogP contribution is -2.45. The molecule has 4 aliphatic heterocycles. The lowest BCUT2D eigenvalue weighted by Gasteiger charge is -2.37. The molecule has 2 fully saturated rings. The fourth-order valence-electron chi connectivity index (χ4n) is 7.72. The molecule has 0 saturated carbocycles. The van der Waals surface area contributed by atoms with Crippen LogP contribution in [0, 0.1) is 11.6 Å². The van der Waals surface area contributed by atoms with E-state index in [0.717, 1.165) is 36.9 Å². The van der Waals surface area contributed by atoms with E-state index < -0.39 is 34.2 Å². The van der Waals surface area contributed by atoms with Crippen molar-refractivity contribution in [3.8, 4) is 17.2 Å². The summed E-state index contributed by atoms with van der Waals surface area (Å²) in [4.78, 5) is 57.3. The number of hydrogen-bond acceptors (Lipinski definition) is 12. The summed E-state index contributed by atoms with van der Waals surface area (Å²) in [6, 6.07) is 2.12. The van der Waals surface area contributed by atoms with E-state index in [1.165, 1.54) is 12.3 Å². The van der Waals surface area contributed by atoms with Crippen LogP contribution in [0.4, 0.5) is 20.2 Å². The molecule has 17 nitrogen and oxygen atoms in total. The van der Waals surface area contributed by atoms with Crippen molar-refractivity contribution in [1.29, 1.82) is 0 Å². The third-order valence-electron chi connectivity index (χ3n) is 10.8. The average Bonchev–Trinajstić information content (AvgIpc) is 3.59. The van der Waals surface area contributed by atoms with Crippen LogP contribution in [-0.4, -0.2) is 130 Å². The third kappa shape index (κ3) is 6.06. The number of aromatic nitrogens is 6. The zero-order valence-electron chi connectivity index (χ0n) is 30.7. The number of carboxylic acid groups (broad SMARTS) is 1. The molecule has 9 rings (SSSR count). The van der Waals surface area contributed by atoms with Gasteiger partial charge in [-0.2, -0.15) is 4.68 Å². The molecule has 2 atom stereocenters. The number of benzene rings is 2. The van der Waals surface area contributed by atoms with E-state index in [0.29, 0.717) is 66.7 Å². The number of nitrogens with one attached hydrogen (secondary N) is 1. The number of anilines is 2. The van der Waals surface area contributed by atoms with Gasteiger partial charge in [0.1, 0.15) is 35.8 Å². The topological polar surface area (TPSA) is 176 Å². The highest BCUT2D eigenvalue weighted by atomic mass is 19.1. The van der Waals surface area contributed by atoms with Gasteiger partial charge in [-0.15, -0.1) is 0 Å². The van der Waals surface area contributed by atoms with Crippen LogP contribution in [0.2, 0.25) is 0 Å². The van der Waals surface area contributed by atoms with Crippen molar-refractivity contribution < 1.29 is 28.2 Å². The van der Waals surface area contributed by atoms with E-state index in [1.807, 2.05) is 42.3 Å². The van der Waals surface area contributed by atoms with Gasteiger partial charge in [0.05, 0.1) is 33.9 Å². The van der Waals surface area contributed by atoms with Gasteiger partial charge in [0, 0.05) is 64.8 Å². The van der Waals surface area contributed by atoms with Crippen molar-refractivity contribution in [3.63, 3.8) is 0 Å². The van der Waals surface area contributed by atoms with E-state index in [9.17, 15) is 28.7 Å². The molecule has 2 N–H and O–H groups in total. The van der Waals surface area contributed by atoms with Crippen LogP contribution < -0.4 is 35.8 Å². The number of nitrogens with zero attached hydrogens (tertiary/aromatic N) is 9. The van der Waals surface area contributed by atoms with Gasteiger partial charge < -0.3 is 43.3 Å². The summed E-state index contributed by atoms with van der Waals surface area (Å²) in [6.07, 6.45) is 2.91. The Bertz CT molecular complexity index is 2530. The van der Waals surface area contributed by atoms with Crippen molar-refractivity contribution in [1.82, 2.24) is 39.1 Å². The lowest BCUT2D eigenvalue weighted by molar-refractivity contribution is 0.0694. The van der Waals surface area contributed by atoms with Gasteiger partial charge >= 0.3 is 11.7 Å². The molecular formula is C36H40F2N10O7. The maximum Gasteiger partial charge on any atom is 0.366 e. The summed E-state index contributed by atoms with van der Waals surface area (Å²) in [6.45, 7) is 10.3. The molecule has 4 aliphatic rings. The fraction of sp³-hybridized carbons (Fsp3) is 0.444. The molecule has 0 aliphatic carbocycles. The normalized spacial score (nSPS) is 19.9. The summed E-state index contributed by atoms with van der Waals surface area (Å²) in [5.74, 6) is -1.68. The number of hydrogen-bond donors (Lipinski definition) is 2. The number of tetrazole rings is 1. The molecule has 290 valence electrons. The van der Waals surface area contributed by atoms with Crippen LogP contribution in [0.15, 0.2) is 38.9 Å². The van der Waals surface area contributed by atoms with Crippen LogP contribution in [-0.2, 0) is 0 Å². The van der Waals surface area contributed by atoms with Gasteiger partial charge in [0.15, 0.2) is 23.1 Å². The van der Waals surface area contributed by atoms with Gasteiger partial charge in [-0.1, -0.05) is 0 Å². The van der Waals surface area contributed by atoms with Crippen molar-refractivity contribution in [2.45, 2.75) is 25.9 Å². The first-order chi connectivity index (χ1) is 26.3. The number of pyridine rings is 2. The minimum Gasteiger partial charge on any atom is -0.487 e. The fourth-order valence-corrected chi connectivity index (χ4v) is 7.72. The van der Waals surface area contributed by atoms with Crippen LogP contribution in [0.5, 0.6) is 11.5 Å². The molecule has 7 heterocycles. The average molecular weight is 763 g/mol. The smallest absolute Gasteiger partial charge is 0.366 e. The number of piperazine rings is 2. The van der Waals surface area contributed by atoms with Crippen molar-refractivity contribution in [3.05, 3.63) is 72.7 Å². The number of ether oxygens (including phenoxy) is 2.